The molecule has 0 saturated heterocycles. The van der Waals surface area contributed by atoms with E-state index in [4.69, 9.17) is 0 Å². The third-order valence-corrected chi connectivity index (χ3v) is 5.11. The zero-order valence-corrected chi connectivity index (χ0v) is 16.2. The minimum Gasteiger partial charge on any atom is -0.353 e. The highest BCUT2D eigenvalue weighted by molar-refractivity contribution is 8.00. The van der Waals surface area contributed by atoms with Crippen molar-refractivity contribution < 1.29 is 9.59 Å². The molecule has 2 aromatic carbocycles. The Morgan fingerprint density at radius 3 is 2.36 bits per heavy atom. The van der Waals surface area contributed by atoms with E-state index in [0.717, 1.165) is 15.5 Å². The molecule has 4 nitrogen and oxygen atoms in total. The van der Waals surface area contributed by atoms with E-state index in [9.17, 15) is 9.59 Å². The van der Waals surface area contributed by atoms with E-state index >= 15 is 0 Å². The average molecular weight is 375 g/mol. The normalized spacial score (nSPS) is 10.6. The van der Waals surface area contributed by atoms with E-state index in [0.29, 0.717) is 5.56 Å². The summed E-state index contributed by atoms with van der Waals surface area (Å²) in [6.45, 7) is 3.85. The molecule has 2 rings (SSSR count). The fourth-order valence-electron chi connectivity index (χ4n) is 2.16. The van der Waals surface area contributed by atoms with E-state index < -0.39 is 0 Å². The third kappa shape index (κ3) is 6.14. The van der Waals surface area contributed by atoms with Gasteiger partial charge >= 0.3 is 0 Å². The van der Waals surface area contributed by atoms with Crippen molar-refractivity contribution in [3.05, 3.63) is 54.1 Å². The summed E-state index contributed by atoms with van der Waals surface area (Å²) in [5.74, 6) is 0.0670. The van der Waals surface area contributed by atoms with Crippen LogP contribution in [0, 0.1) is 0 Å². The lowest BCUT2D eigenvalue weighted by atomic mass is 10.2. The minimum absolute atomic E-state index is 0.0390. The van der Waals surface area contributed by atoms with Crippen molar-refractivity contribution >= 4 is 41.0 Å². The van der Waals surface area contributed by atoms with Gasteiger partial charge in [-0.3, -0.25) is 9.59 Å². The van der Waals surface area contributed by atoms with Gasteiger partial charge in [-0.25, -0.2) is 0 Å². The second-order valence-corrected chi connectivity index (χ2v) is 7.59. The molecule has 0 spiro atoms. The van der Waals surface area contributed by atoms with Gasteiger partial charge in [-0.2, -0.15) is 0 Å². The Kier molecular flexibility index (Phi) is 7.40. The molecule has 0 bridgehead atoms. The van der Waals surface area contributed by atoms with Crippen molar-refractivity contribution in [3.8, 4) is 0 Å². The van der Waals surface area contributed by atoms with Crippen LogP contribution in [-0.4, -0.2) is 29.9 Å². The van der Waals surface area contributed by atoms with Gasteiger partial charge in [0.2, 0.25) is 5.91 Å². The van der Waals surface area contributed by atoms with E-state index in [1.807, 2.05) is 62.6 Å². The molecular formula is C19H22N2O2S2. The van der Waals surface area contributed by atoms with Crippen molar-refractivity contribution in [2.45, 2.75) is 29.7 Å². The van der Waals surface area contributed by atoms with Gasteiger partial charge in [0.15, 0.2) is 0 Å². The molecule has 0 aromatic heterocycles. The lowest BCUT2D eigenvalue weighted by Gasteiger charge is -2.11. The molecule has 132 valence electrons. The molecule has 2 aromatic rings. The van der Waals surface area contributed by atoms with Crippen LogP contribution in [0.2, 0.25) is 0 Å². The predicted octanol–water partition coefficient (Wildman–Crippen LogP) is 4.28. The van der Waals surface area contributed by atoms with Crippen molar-refractivity contribution in [2.24, 2.45) is 0 Å². The van der Waals surface area contributed by atoms with E-state index in [-0.39, 0.29) is 23.6 Å². The molecule has 2 amide bonds. The Bertz CT molecular complexity index is 730. The third-order valence-electron chi connectivity index (χ3n) is 3.29. The number of amides is 2. The Labute approximate surface area is 157 Å². The van der Waals surface area contributed by atoms with Crippen LogP contribution in [0.15, 0.2) is 58.3 Å². The zero-order chi connectivity index (χ0) is 18.2. The number of nitrogens with one attached hydrogen (secondary N) is 2. The Hall–Kier alpha value is -1.92. The van der Waals surface area contributed by atoms with Crippen molar-refractivity contribution in [3.63, 3.8) is 0 Å². The van der Waals surface area contributed by atoms with Gasteiger partial charge in [0.25, 0.3) is 5.91 Å². The topological polar surface area (TPSA) is 58.2 Å². The van der Waals surface area contributed by atoms with E-state index in [1.54, 1.807) is 17.8 Å². The van der Waals surface area contributed by atoms with Crippen LogP contribution in [0.25, 0.3) is 0 Å². The standard InChI is InChI=1S/C19H22N2O2S2/c1-13(2)20-18(22)12-25-17-7-5-4-6-16(17)19(23)21-14-8-10-15(24-3)11-9-14/h4-11,13H,12H2,1-3H3,(H,20,22)(H,21,23). The lowest BCUT2D eigenvalue weighted by molar-refractivity contribution is -0.119. The van der Waals surface area contributed by atoms with Gasteiger partial charge in [0.05, 0.1) is 11.3 Å². The second kappa shape index (κ2) is 9.53. The van der Waals surface area contributed by atoms with Crippen molar-refractivity contribution in [2.75, 3.05) is 17.3 Å². The van der Waals surface area contributed by atoms with Crippen LogP contribution in [-0.2, 0) is 4.79 Å². The number of rotatable bonds is 7. The zero-order valence-electron chi connectivity index (χ0n) is 14.5. The van der Waals surface area contributed by atoms with Gasteiger partial charge in [-0.15, -0.1) is 23.5 Å². The van der Waals surface area contributed by atoms with Crippen molar-refractivity contribution in [1.29, 1.82) is 0 Å². The summed E-state index contributed by atoms with van der Waals surface area (Å²) in [7, 11) is 0. The quantitative estimate of drug-likeness (QED) is 0.710. The average Bonchev–Trinajstić information content (AvgIpc) is 2.60. The molecule has 0 aliphatic carbocycles. The highest BCUT2D eigenvalue weighted by Crippen LogP contribution is 2.24. The summed E-state index contributed by atoms with van der Waals surface area (Å²) in [6, 6.07) is 15.1. The number of benzene rings is 2. The maximum Gasteiger partial charge on any atom is 0.256 e. The molecule has 0 fully saturated rings. The van der Waals surface area contributed by atoms with Crippen LogP contribution in [0.3, 0.4) is 0 Å². The first kappa shape index (κ1) is 19.4. The van der Waals surface area contributed by atoms with Crippen LogP contribution in [0.1, 0.15) is 24.2 Å². The maximum absolute atomic E-state index is 12.6. The summed E-state index contributed by atoms with van der Waals surface area (Å²) in [5, 5.41) is 5.76. The smallest absolute Gasteiger partial charge is 0.256 e. The van der Waals surface area contributed by atoms with Gasteiger partial charge < -0.3 is 10.6 Å². The first-order valence-corrected chi connectivity index (χ1v) is 10.2. The van der Waals surface area contributed by atoms with Crippen LogP contribution >= 0.6 is 23.5 Å². The fourth-order valence-corrected chi connectivity index (χ4v) is 3.43. The highest BCUT2D eigenvalue weighted by Gasteiger charge is 2.13. The molecule has 0 atom stereocenters. The first-order valence-electron chi connectivity index (χ1n) is 7.96. The number of hydrogen-bond acceptors (Lipinski definition) is 4. The Morgan fingerprint density at radius 1 is 1.04 bits per heavy atom. The first-order chi connectivity index (χ1) is 12.0. The lowest BCUT2D eigenvalue weighted by Crippen LogP contribution is -2.31. The van der Waals surface area contributed by atoms with Gasteiger partial charge in [-0.05, 0) is 56.5 Å². The number of hydrogen-bond donors (Lipinski definition) is 2. The molecule has 0 saturated carbocycles. The summed E-state index contributed by atoms with van der Waals surface area (Å²) >= 11 is 3.02. The fraction of sp³-hybridized carbons (Fsp3) is 0.263. The van der Waals surface area contributed by atoms with E-state index in [1.165, 1.54) is 11.8 Å². The van der Waals surface area contributed by atoms with Crippen LogP contribution < -0.4 is 10.6 Å². The largest absolute Gasteiger partial charge is 0.353 e. The van der Waals surface area contributed by atoms with Gasteiger partial charge in [-0.1, -0.05) is 12.1 Å². The Morgan fingerprint density at radius 2 is 1.72 bits per heavy atom. The number of anilines is 1. The predicted molar refractivity (Wildman–Crippen MR) is 107 cm³/mol. The highest BCUT2D eigenvalue weighted by atomic mass is 32.2. The van der Waals surface area contributed by atoms with Gasteiger partial charge in [0.1, 0.15) is 0 Å². The Balaban J connectivity index is 2.05. The molecule has 0 unspecified atom stereocenters. The minimum atomic E-state index is -0.177. The maximum atomic E-state index is 12.6. The molecule has 0 aliphatic heterocycles. The molecule has 0 radical (unpaired) electrons. The summed E-state index contributed by atoms with van der Waals surface area (Å²) in [4.78, 5) is 26.3. The SMILES string of the molecule is CSc1ccc(NC(=O)c2ccccc2SCC(=O)NC(C)C)cc1. The molecule has 25 heavy (non-hydrogen) atoms. The molecule has 2 N–H and O–H groups in total. The van der Waals surface area contributed by atoms with Crippen LogP contribution in [0.4, 0.5) is 5.69 Å². The molecule has 0 heterocycles. The van der Waals surface area contributed by atoms with Crippen molar-refractivity contribution in [1.82, 2.24) is 5.32 Å². The number of carbonyl (C=O) groups excluding carboxylic acids is 2. The summed E-state index contributed by atoms with van der Waals surface area (Å²) < 4.78 is 0. The summed E-state index contributed by atoms with van der Waals surface area (Å²) in [6.07, 6.45) is 2.01. The van der Waals surface area contributed by atoms with Crippen LogP contribution in [0.5, 0.6) is 0 Å². The van der Waals surface area contributed by atoms with E-state index in [2.05, 4.69) is 10.6 Å². The molecule has 0 aliphatic rings. The second-order valence-electron chi connectivity index (χ2n) is 5.69. The monoisotopic (exact) mass is 374 g/mol. The summed E-state index contributed by atoms with van der Waals surface area (Å²) in [5.41, 5.74) is 1.32. The molecule has 6 heteroatoms. The van der Waals surface area contributed by atoms with Gasteiger partial charge in [0, 0.05) is 21.5 Å². The number of thioether (sulfide) groups is 2. The molecular weight excluding hydrogens is 352 g/mol. The number of carbonyl (C=O) groups is 2.